The number of methoxy groups -OCH3 is 1. The van der Waals surface area contributed by atoms with Crippen LogP contribution in [0.15, 0.2) is 48.5 Å². The van der Waals surface area contributed by atoms with Crippen molar-refractivity contribution in [2.24, 2.45) is 0 Å². The van der Waals surface area contributed by atoms with Gasteiger partial charge in [0.2, 0.25) is 0 Å². The number of nitrogens with zero attached hydrogens (tertiary/aromatic N) is 3. The molecule has 0 bridgehead atoms. The Morgan fingerprint density at radius 2 is 1.82 bits per heavy atom. The van der Waals surface area contributed by atoms with Crippen LogP contribution in [0.1, 0.15) is 0 Å². The van der Waals surface area contributed by atoms with E-state index in [0.717, 1.165) is 16.8 Å². The Kier molecular flexibility index (Phi) is 4.20. The van der Waals surface area contributed by atoms with Crippen molar-refractivity contribution in [3.05, 3.63) is 48.5 Å². The third-order valence-corrected chi connectivity index (χ3v) is 3.31. The monoisotopic (exact) mass is 299 g/mol. The topological polar surface area (TPSA) is 69.4 Å². The molecular formula is C16H17N3O3. The summed E-state index contributed by atoms with van der Waals surface area (Å²) in [5.41, 5.74) is 1.71. The molecule has 114 valence electrons. The maximum Gasteiger partial charge on any atom is 0.119 e. The SMILES string of the molecule is COc1ccc(OCC(O)Cn2nnc3ccccc32)cc1. The van der Waals surface area contributed by atoms with Crippen LogP contribution >= 0.6 is 0 Å². The number of rotatable bonds is 6. The van der Waals surface area contributed by atoms with E-state index in [9.17, 15) is 5.11 Å². The minimum atomic E-state index is -0.674. The van der Waals surface area contributed by atoms with Gasteiger partial charge in [0.15, 0.2) is 0 Å². The summed E-state index contributed by atoms with van der Waals surface area (Å²) in [6.45, 7) is 0.511. The highest BCUT2D eigenvalue weighted by molar-refractivity contribution is 5.73. The fourth-order valence-electron chi connectivity index (χ4n) is 2.17. The Morgan fingerprint density at radius 3 is 2.59 bits per heavy atom. The fourth-order valence-corrected chi connectivity index (χ4v) is 2.17. The van der Waals surface area contributed by atoms with Gasteiger partial charge in [-0.2, -0.15) is 0 Å². The van der Waals surface area contributed by atoms with Crippen LogP contribution in [0.5, 0.6) is 11.5 Å². The highest BCUT2D eigenvalue weighted by atomic mass is 16.5. The van der Waals surface area contributed by atoms with Crippen LogP contribution < -0.4 is 9.47 Å². The van der Waals surface area contributed by atoms with Gasteiger partial charge in [-0.15, -0.1) is 5.10 Å². The summed E-state index contributed by atoms with van der Waals surface area (Å²) >= 11 is 0. The molecule has 0 saturated carbocycles. The molecule has 22 heavy (non-hydrogen) atoms. The van der Waals surface area contributed by atoms with Crippen LogP contribution in [-0.2, 0) is 6.54 Å². The lowest BCUT2D eigenvalue weighted by molar-refractivity contribution is 0.0899. The molecule has 3 rings (SSSR count). The lowest BCUT2D eigenvalue weighted by Crippen LogP contribution is -2.24. The number of aliphatic hydroxyl groups is 1. The summed E-state index contributed by atoms with van der Waals surface area (Å²) in [4.78, 5) is 0. The van der Waals surface area contributed by atoms with Crippen molar-refractivity contribution in [1.29, 1.82) is 0 Å². The van der Waals surface area contributed by atoms with E-state index in [1.54, 1.807) is 23.9 Å². The van der Waals surface area contributed by atoms with E-state index in [1.807, 2.05) is 36.4 Å². The standard InChI is InChI=1S/C16H17N3O3/c1-21-13-6-8-14(9-7-13)22-11-12(20)10-19-16-5-3-2-4-15(16)17-18-19/h2-9,12,20H,10-11H2,1H3. The molecule has 2 aromatic carbocycles. The zero-order chi connectivity index (χ0) is 15.4. The van der Waals surface area contributed by atoms with Crippen molar-refractivity contribution in [1.82, 2.24) is 15.0 Å². The summed E-state index contributed by atoms with van der Waals surface area (Å²) < 4.78 is 12.3. The number of benzene rings is 2. The minimum Gasteiger partial charge on any atom is -0.497 e. The van der Waals surface area contributed by atoms with Crippen LogP contribution in [0.4, 0.5) is 0 Å². The normalized spacial score (nSPS) is 12.3. The molecule has 1 atom stereocenters. The number of aliphatic hydroxyl groups excluding tert-OH is 1. The fraction of sp³-hybridized carbons (Fsp3) is 0.250. The molecule has 1 unspecified atom stereocenters. The van der Waals surface area contributed by atoms with Crippen LogP contribution in [0.25, 0.3) is 11.0 Å². The number of para-hydroxylation sites is 1. The number of fused-ring (bicyclic) bond motifs is 1. The van der Waals surface area contributed by atoms with Gasteiger partial charge < -0.3 is 14.6 Å². The van der Waals surface area contributed by atoms with E-state index in [-0.39, 0.29) is 6.61 Å². The first-order valence-electron chi connectivity index (χ1n) is 6.99. The van der Waals surface area contributed by atoms with Gasteiger partial charge in [-0.1, -0.05) is 17.3 Å². The van der Waals surface area contributed by atoms with Gasteiger partial charge in [0.1, 0.15) is 29.7 Å². The summed E-state index contributed by atoms with van der Waals surface area (Å²) in [5.74, 6) is 1.45. The van der Waals surface area contributed by atoms with Crippen molar-refractivity contribution >= 4 is 11.0 Å². The quantitative estimate of drug-likeness (QED) is 0.752. The molecular weight excluding hydrogens is 282 g/mol. The second-order valence-electron chi connectivity index (χ2n) is 4.90. The first-order valence-corrected chi connectivity index (χ1v) is 6.99. The lowest BCUT2D eigenvalue weighted by Gasteiger charge is -2.13. The lowest BCUT2D eigenvalue weighted by atomic mass is 10.3. The Morgan fingerprint density at radius 1 is 1.09 bits per heavy atom. The average molecular weight is 299 g/mol. The number of ether oxygens (including phenoxy) is 2. The number of hydrogen-bond acceptors (Lipinski definition) is 5. The molecule has 6 heteroatoms. The van der Waals surface area contributed by atoms with E-state index in [4.69, 9.17) is 9.47 Å². The molecule has 0 radical (unpaired) electrons. The van der Waals surface area contributed by atoms with Crippen LogP contribution in [0.3, 0.4) is 0 Å². The summed E-state index contributed by atoms with van der Waals surface area (Å²) in [5, 5.41) is 18.2. The first kappa shape index (κ1) is 14.3. The Balaban J connectivity index is 1.59. The van der Waals surface area contributed by atoms with E-state index in [2.05, 4.69) is 10.3 Å². The molecule has 0 saturated heterocycles. The average Bonchev–Trinajstić information content (AvgIpc) is 2.97. The predicted octanol–water partition coefficient (Wildman–Crippen LogP) is 1.88. The Labute approximate surface area is 127 Å². The molecule has 3 aromatic rings. The summed E-state index contributed by atoms with van der Waals surface area (Å²) in [6, 6.07) is 14.9. The molecule has 0 aliphatic heterocycles. The molecule has 6 nitrogen and oxygen atoms in total. The van der Waals surface area contributed by atoms with Crippen molar-refractivity contribution in [3.8, 4) is 11.5 Å². The molecule has 0 amide bonds. The Bertz CT molecular complexity index is 740. The predicted molar refractivity (Wildman–Crippen MR) is 82.0 cm³/mol. The van der Waals surface area contributed by atoms with E-state index >= 15 is 0 Å². The van der Waals surface area contributed by atoms with Crippen molar-refractivity contribution < 1.29 is 14.6 Å². The summed E-state index contributed by atoms with van der Waals surface area (Å²) in [6.07, 6.45) is -0.674. The van der Waals surface area contributed by atoms with Gasteiger partial charge in [-0.3, -0.25) is 0 Å². The zero-order valence-corrected chi connectivity index (χ0v) is 12.2. The van der Waals surface area contributed by atoms with Crippen LogP contribution in [-0.4, -0.2) is 39.9 Å². The second-order valence-corrected chi connectivity index (χ2v) is 4.90. The maximum atomic E-state index is 10.1. The van der Waals surface area contributed by atoms with Gasteiger partial charge in [-0.25, -0.2) is 4.68 Å². The number of hydrogen-bond donors (Lipinski definition) is 1. The van der Waals surface area contributed by atoms with E-state index in [1.165, 1.54) is 0 Å². The van der Waals surface area contributed by atoms with Gasteiger partial charge in [0.25, 0.3) is 0 Å². The van der Waals surface area contributed by atoms with Crippen molar-refractivity contribution in [2.45, 2.75) is 12.6 Å². The van der Waals surface area contributed by atoms with E-state index < -0.39 is 6.10 Å². The zero-order valence-electron chi connectivity index (χ0n) is 12.2. The Hall–Kier alpha value is -2.60. The molecule has 0 fully saturated rings. The first-order chi connectivity index (χ1) is 10.8. The highest BCUT2D eigenvalue weighted by Gasteiger charge is 2.10. The minimum absolute atomic E-state index is 0.181. The number of aromatic nitrogens is 3. The van der Waals surface area contributed by atoms with Gasteiger partial charge >= 0.3 is 0 Å². The molecule has 0 aliphatic rings. The van der Waals surface area contributed by atoms with Crippen LogP contribution in [0, 0.1) is 0 Å². The van der Waals surface area contributed by atoms with Gasteiger partial charge in [0.05, 0.1) is 19.2 Å². The largest absolute Gasteiger partial charge is 0.497 e. The van der Waals surface area contributed by atoms with Gasteiger partial charge in [-0.05, 0) is 36.4 Å². The van der Waals surface area contributed by atoms with Crippen LogP contribution in [0.2, 0.25) is 0 Å². The maximum absolute atomic E-state index is 10.1. The van der Waals surface area contributed by atoms with Crippen molar-refractivity contribution in [2.75, 3.05) is 13.7 Å². The molecule has 0 spiro atoms. The third-order valence-electron chi connectivity index (χ3n) is 3.31. The smallest absolute Gasteiger partial charge is 0.119 e. The third kappa shape index (κ3) is 3.17. The molecule has 1 aromatic heterocycles. The summed E-state index contributed by atoms with van der Waals surface area (Å²) in [7, 11) is 1.61. The van der Waals surface area contributed by atoms with Crippen molar-refractivity contribution in [3.63, 3.8) is 0 Å². The highest BCUT2D eigenvalue weighted by Crippen LogP contribution is 2.17. The van der Waals surface area contributed by atoms with Gasteiger partial charge in [0, 0.05) is 0 Å². The molecule has 1 heterocycles. The molecule has 1 N–H and O–H groups in total. The van der Waals surface area contributed by atoms with E-state index in [0.29, 0.717) is 12.3 Å². The second kappa shape index (κ2) is 6.44. The molecule has 0 aliphatic carbocycles.